The number of likely N-dealkylation sites (tertiary alicyclic amines) is 1. The van der Waals surface area contributed by atoms with Crippen molar-refractivity contribution in [2.75, 3.05) is 19.6 Å². The Hall–Kier alpha value is -1.95. The van der Waals surface area contributed by atoms with Crippen molar-refractivity contribution >= 4 is 11.6 Å². The van der Waals surface area contributed by atoms with Gasteiger partial charge in [-0.2, -0.15) is 0 Å². The number of nitrogens with zero attached hydrogens (tertiary/aromatic N) is 2. The number of rotatable bonds is 3. The van der Waals surface area contributed by atoms with Crippen LogP contribution >= 0.6 is 0 Å². The van der Waals surface area contributed by atoms with Crippen LogP contribution in [0.5, 0.6) is 0 Å². The monoisotopic (exact) mass is 249 g/mol. The molecule has 2 rings (SSSR count). The van der Waals surface area contributed by atoms with Gasteiger partial charge in [0.25, 0.3) is 11.6 Å². The van der Waals surface area contributed by atoms with Gasteiger partial charge >= 0.3 is 0 Å². The lowest BCUT2D eigenvalue weighted by Gasteiger charge is -2.16. The van der Waals surface area contributed by atoms with Gasteiger partial charge in [0.1, 0.15) is 0 Å². The molecule has 1 aromatic carbocycles. The van der Waals surface area contributed by atoms with Crippen molar-refractivity contribution in [1.29, 1.82) is 0 Å². The number of nitro groups is 1. The van der Waals surface area contributed by atoms with Gasteiger partial charge in [0.05, 0.1) is 4.92 Å². The number of hydrogen-bond donors (Lipinski definition) is 1. The highest BCUT2D eigenvalue weighted by molar-refractivity contribution is 5.94. The molecule has 1 atom stereocenters. The molecule has 6 heteroatoms. The van der Waals surface area contributed by atoms with E-state index < -0.39 is 4.92 Å². The first-order valence-corrected chi connectivity index (χ1v) is 5.85. The lowest BCUT2D eigenvalue weighted by atomic mass is 10.1. The Labute approximate surface area is 105 Å². The summed E-state index contributed by atoms with van der Waals surface area (Å²) in [4.78, 5) is 23.9. The lowest BCUT2D eigenvalue weighted by Crippen LogP contribution is -2.29. The molecule has 0 spiro atoms. The van der Waals surface area contributed by atoms with Crippen LogP contribution in [0.25, 0.3) is 0 Å². The number of non-ortho nitro benzene ring substituents is 1. The van der Waals surface area contributed by atoms with E-state index in [-0.39, 0.29) is 11.6 Å². The Morgan fingerprint density at radius 1 is 1.44 bits per heavy atom. The molecule has 6 nitrogen and oxygen atoms in total. The van der Waals surface area contributed by atoms with E-state index in [0.29, 0.717) is 31.1 Å². The van der Waals surface area contributed by atoms with Gasteiger partial charge in [0, 0.05) is 30.8 Å². The number of nitrogens with two attached hydrogens (primary N) is 1. The second-order valence-electron chi connectivity index (χ2n) is 4.45. The van der Waals surface area contributed by atoms with Gasteiger partial charge in [-0.15, -0.1) is 0 Å². The minimum Gasteiger partial charge on any atom is -0.338 e. The highest BCUT2D eigenvalue weighted by Gasteiger charge is 2.26. The van der Waals surface area contributed by atoms with Crippen LogP contribution in [0.1, 0.15) is 16.8 Å². The molecule has 1 heterocycles. The third-order valence-corrected chi connectivity index (χ3v) is 3.23. The van der Waals surface area contributed by atoms with Gasteiger partial charge < -0.3 is 10.6 Å². The molecule has 0 aliphatic carbocycles. The topological polar surface area (TPSA) is 89.5 Å². The van der Waals surface area contributed by atoms with Crippen molar-refractivity contribution in [3.05, 3.63) is 39.9 Å². The van der Waals surface area contributed by atoms with E-state index in [1.165, 1.54) is 24.3 Å². The maximum absolute atomic E-state index is 12.1. The molecule has 0 aromatic heterocycles. The summed E-state index contributed by atoms with van der Waals surface area (Å²) in [6.45, 7) is 1.97. The summed E-state index contributed by atoms with van der Waals surface area (Å²) in [5, 5.41) is 10.5. The highest BCUT2D eigenvalue weighted by Crippen LogP contribution is 2.19. The molecular weight excluding hydrogens is 234 g/mol. The zero-order chi connectivity index (χ0) is 13.1. The van der Waals surface area contributed by atoms with Crippen molar-refractivity contribution in [2.45, 2.75) is 6.42 Å². The number of nitro benzene ring substituents is 1. The maximum Gasteiger partial charge on any atom is 0.269 e. The fourth-order valence-corrected chi connectivity index (χ4v) is 2.12. The zero-order valence-corrected chi connectivity index (χ0v) is 9.91. The van der Waals surface area contributed by atoms with Crippen LogP contribution in [0.4, 0.5) is 5.69 Å². The van der Waals surface area contributed by atoms with Gasteiger partial charge in [0.2, 0.25) is 0 Å². The Kier molecular flexibility index (Phi) is 3.57. The normalized spacial score (nSPS) is 18.9. The predicted molar refractivity (Wildman–Crippen MR) is 66.2 cm³/mol. The molecule has 1 fully saturated rings. The highest BCUT2D eigenvalue weighted by atomic mass is 16.6. The summed E-state index contributed by atoms with van der Waals surface area (Å²) >= 11 is 0. The average molecular weight is 249 g/mol. The van der Waals surface area contributed by atoms with Crippen LogP contribution in [-0.2, 0) is 0 Å². The van der Waals surface area contributed by atoms with E-state index in [1.54, 1.807) is 4.90 Å². The lowest BCUT2D eigenvalue weighted by molar-refractivity contribution is -0.384. The van der Waals surface area contributed by atoms with E-state index in [9.17, 15) is 14.9 Å². The number of amides is 1. The number of hydrogen-bond acceptors (Lipinski definition) is 4. The summed E-state index contributed by atoms with van der Waals surface area (Å²) in [5.41, 5.74) is 6.05. The quantitative estimate of drug-likeness (QED) is 0.639. The van der Waals surface area contributed by atoms with Crippen molar-refractivity contribution in [3.63, 3.8) is 0 Å². The smallest absolute Gasteiger partial charge is 0.269 e. The van der Waals surface area contributed by atoms with Crippen LogP contribution in [0.15, 0.2) is 24.3 Å². The Morgan fingerprint density at radius 3 is 2.61 bits per heavy atom. The summed E-state index contributed by atoms with van der Waals surface area (Å²) in [7, 11) is 0. The summed E-state index contributed by atoms with van der Waals surface area (Å²) in [5.74, 6) is 0.285. The molecule has 1 unspecified atom stereocenters. The largest absolute Gasteiger partial charge is 0.338 e. The molecule has 1 aliphatic heterocycles. The van der Waals surface area contributed by atoms with Crippen LogP contribution in [0.2, 0.25) is 0 Å². The Bertz CT molecular complexity index is 458. The van der Waals surface area contributed by atoms with Gasteiger partial charge in [0.15, 0.2) is 0 Å². The first-order valence-electron chi connectivity index (χ1n) is 5.85. The molecule has 1 aliphatic rings. The van der Waals surface area contributed by atoms with Crippen molar-refractivity contribution in [2.24, 2.45) is 11.7 Å². The first-order chi connectivity index (χ1) is 8.61. The van der Waals surface area contributed by atoms with Crippen LogP contribution in [0, 0.1) is 16.0 Å². The van der Waals surface area contributed by atoms with Crippen molar-refractivity contribution in [1.82, 2.24) is 4.90 Å². The molecule has 2 N–H and O–H groups in total. The van der Waals surface area contributed by atoms with Gasteiger partial charge in [-0.3, -0.25) is 14.9 Å². The van der Waals surface area contributed by atoms with E-state index >= 15 is 0 Å². The number of carbonyl (C=O) groups is 1. The minimum absolute atomic E-state index is 0.00666. The summed E-state index contributed by atoms with van der Waals surface area (Å²) in [6, 6.07) is 5.69. The van der Waals surface area contributed by atoms with E-state index in [1.807, 2.05) is 0 Å². The fraction of sp³-hybridized carbons (Fsp3) is 0.417. The molecule has 1 saturated heterocycles. The van der Waals surface area contributed by atoms with Gasteiger partial charge in [-0.05, 0) is 31.0 Å². The van der Waals surface area contributed by atoms with E-state index in [4.69, 9.17) is 5.73 Å². The number of carbonyl (C=O) groups excluding carboxylic acids is 1. The molecule has 0 saturated carbocycles. The molecular formula is C12H15N3O3. The van der Waals surface area contributed by atoms with E-state index in [0.717, 1.165) is 6.42 Å². The molecule has 0 bridgehead atoms. The third-order valence-electron chi connectivity index (χ3n) is 3.23. The van der Waals surface area contributed by atoms with Crippen molar-refractivity contribution in [3.8, 4) is 0 Å². The predicted octanol–water partition coefficient (Wildman–Crippen LogP) is 1.02. The maximum atomic E-state index is 12.1. The van der Waals surface area contributed by atoms with Crippen LogP contribution in [0.3, 0.4) is 0 Å². The van der Waals surface area contributed by atoms with Crippen LogP contribution in [-0.4, -0.2) is 35.4 Å². The second-order valence-corrected chi connectivity index (χ2v) is 4.45. The van der Waals surface area contributed by atoms with Gasteiger partial charge in [-0.1, -0.05) is 0 Å². The Balaban J connectivity index is 2.07. The molecule has 0 radical (unpaired) electrons. The fourth-order valence-electron chi connectivity index (χ4n) is 2.12. The molecule has 18 heavy (non-hydrogen) atoms. The first kappa shape index (κ1) is 12.5. The molecule has 1 aromatic rings. The molecule has 96 valence electrons. The average Bonchev–Trinajstić information content (AvgIpc) is 2.86. The SMILES string of the molecule is NCC1CCN(C(=O)c2ccc([N+](=O)[O-])cc2)C1. The van der Waals surface area contributed by atoms with E-state index in [2.05, 4.69) is 0 Å². The zero-order valence-electron chi connectivity index (χ0n) is 9.91. The second kappa shape index (κ2) is 5.14. The summed E-state index contributed by atoms with van der Waals surface area (Å²) in [6.07, 6.45) is 0.926. The standard InChI is InChI=1S/C12H15N3O3/c13-7-9-5-6-14(8-9)12(16)10-1-3-11(4-2-10)15(17)18/h1-4,9H,5-8,13H2. The molecule has 1 amide bonds. The Morgan fingerprint density at radius 2 is 2.11 bits per heavy atom. The summed E-state index contributed by atoms with van der Waals surface area (Å²) < 4.78 is 0. The van der Waals surface area contributed by atoms with Gasteiger partial charge in [-0.25, -0.2) is 0 Å². The van der Waals surface area contributed by atoms with Crippen LogP contribution < -0.4 is 5.73 Å². The third kappa shape index (κ3) is 2.48. The minimum atomic E-state index is -0.478. The van der Waals surface area contributed by atoms with Crippen molar-refractivity contribution < 1.29 is 9.72 Å². The number of benzene rings is 1.